The van der Waals surface area contributed by atoms with Crippen LogP contribution in [-0.4, -0.2) is 36.2 Å². The number of nitrogens with two attached hydrogens (primary N) is 1. The summed E-state index contributed by atoms with van der Waals surface area (Å²) in [5.74, 6) is -0.264. The topological polar surface area (TPSA) is 101 Å². The van der Waals surface area contributed by atoms with Gasteiger partial charge in [0.15, 0.2) is 0 Å². The lowest BCUT2D eigenvalue weighted by atomic mass is 9.82. The first kappa shape index (κ1) is 23.4. The minimum atomic E-state index is -4.76. The van der Waals surface area contributed by atoms with Crippen LogP contribution in [0, 0.1) is 5.92 Å². The molecule has 0 bridgehead atoms. The zero-order chi connectivity index (χ0) is 22.4. The Bertz CT molecular complexity index is 820. The van der Waals surface area contributed by atoms with Gasteiger partial charge in [-0.3, -0.25) is 0 Å². The highest BCUT2D eigenvalue weighted by atomic mass is 19.4. The van der Waals surface area contributed by atoms with Crippen molar-refractivity contribution in [2.24, 2.45) is 16.6 Å². The first-order chi connectivity index (χ1) is 14.0. The van der Waals surface area contributed by atoms with Crippen LogP contribution < -0.4 is 21.1 Å². The van der Waals surface area contributed by atoms with Gasteiger partial charge in [0.05, 0.1) is 17.8 Å². The molecule has 10 heteroatoms. The molecule has 0 fully saturated rings. The van der Waals surface area contributed by atoms with Crippen molar-refractivity contribution in [1.29, 1.82) is 0 Å². The van der Waals surface area contributed by atoms with Crippen LogP contribution in [0.25, 0.3) is 0 Å². The maximum atomic E-state index is 12.3. The van der Waals surface area contributed by atoms with Gasteiger partial charge in [-0.25, -0.2) is 4.99 Å². The Hall–Kier alpha value is -2.88. The van der Waals surface area contributed by atoms with Crippen LogP contribution in [0.15, 0.2) is 52.9 Å². The average Bonchev–Trinajstić information content (AvgIpc) is 2.69. The molecule has 0 radical (unpaired) electrons. The number of amidine groups is 1. The van der Waals surface area contributed by atoms with Crippen molar-refractivity contribution in [3.8, 4) is 5.75 Å². The number of nitrogens with zero attached hydrogens (tertiary/aromatic N) is 1. The zero-order valence-electron chi connectivity index (χ0n) is 17.1. The minimum Gasteiger partial charge on any atom is -0.459 e. The van der Waals surface area contributed by atoms with Crippen LogP contribution >= 0.6 is 0 Å². The van der Waals surface area contributed by atoms with Gasteiger partial charge in [0.1, 0.15) is 12.4 Å². The molecule has 0 saturated heterocycles. The zero-order valence-corrected chi connectivity index (χ0v) is 17.1. The molecular weight excluding hydrogens is 401 g/mol. The number of ether oxygens (including phenoxy) is 2. The molecule has 2 unspecified atom stereocenters. The summed E-state index contributed by atoms with van der Waals surface area (Å²) in [7, 11) is 0. The van der Waals surface area contributed by atoms with Gasteiger partial charge in [-0.15, -0.1) is 13.2 Å². The Kier molecular flexibility index (Phi) is 7.60. The highest BCUT2D eigenvalue weighted by Gasteiger charge is 2.32. The maximum Gasteiger partial charge on any atom is 0.573 e. The highest BCUT2D eigenvalue weighted by molar-refractivity contribution is 5.76. The van der Waals surface area contributed by atoms with E-state index < -0.39 is 12.0 Å². The lowest BCUT2D eigenvalue weighted by Crippen LogP contribution is -2.40. The average molecular weight is 428 g/mol. The molecule has 1 heterocycles. The summed E-state index contributed by atoms with van der Waals surface area (Å²) in [5, 5.41) is 16.3. The number of aliphatic hydroxyl groups is 1. The maximum absolute atomic E-state index is 12.3. The van der Waals surface area contributed by atoms with Gasteiger partial charge in [0.2, 0.25) is 0 Å². The number of hydrogen-bond donors (Lipinski definition) is 4. The van der Waals surface area contributed by atoms with E-state index in [1.54, 1.807) is 19.2 Å². The molecule has 2 atom stereocenters. The molecule has 166 valence electrons. The smallest absolute Gasteiger partial charge is 0.459 e. The van der Waals surface area contributed by atoms with Crippen molar-refractivity contribution in [1.82, 2.24) is 5.32 Å². The molecule has 0 aliphatic carbocycles. The Morgan fingerprint density at radius 3 is 2.77 bits per heavy atom. The highest BCUT2D eigenvalue weighted by Crippen LogP contribution is 2.29. The predicted octanol–water partition coefficient (Wildman–Crippen LogP) is 3.45. The number of hydrogen-bond acceptors (Lipinski definition) is 7. The second-order valence-electron chi connectivity index (χ2n) is 7.12. The van der Waals surface area contributed by atoms with Crippen LogP contribution in [0.5, 0.6) is 5.75 Å². The molecule has 2 rings (SSSR count). The van der Waals surface area contributed by atoms with E-state index in [0.29, 0.717) is 17.9 Å². The Balaban J connectivity index is 1.85. The van der Waals surface area contributed by atoms with E-state index in [2.05, 4.69) is 20.4 Å². The fourth-order valence-electron chi connectivity index (χ4n) is 2.66. The van der Waals surface area contributed by atoms with Crippen molar-refractivity contribution in [2.45, 2.75) is 39.2 Å². The Morgan fingerprint density at radius 1 is 1.43 bits per heavy atom. The molecule has 0 saturated carbocycles. The summed E-state index contributed by atoms with van der Waals surface area (Å²) in [5.41, 5.74) is 6.31. The van der Waals surface area contributed by atoms with Gasteiger partial charge >= 0.3 is 6.36 Å². The van der Waals surface area contributed by atoms with Gasteiger partial charge in [0.25, 0.3) is 6.02 Å². The summed E-state index contributed by atoms with van der Waals surface area (Å²) in [6, 6.07) is 5.64. The van der Waals surface area contributed by atoms with Crippen LogP contribution in [0.4, 0.5) is 18.9 Å². The molecule has 1 aromatic rings. The lowest BCUT2D eigenvalue weighted by molar-refractivity contribution is -0.274. The fraction of sp³-hybridized carbons (Fsp3) is 0.450. The molecule has 1 aliphatic rings. The summed E-state index contributed by atoms with van der Waals surface area (Å²) in [6.45, 7) is 6.05. The summed E-state index contributed by atoms with van der Waals surface area (Å²) < 4.78 is 46.2. The van der Waals surface area contributed by atoms with E-state index in [-0.39, 0.29) is 24.3 Å². The van der Waals surface area contributed by atoms with E-state index in [1.165, 1.54) is 24.4 Å². The quantitative estimate of drug-likeness (QED) is 0.506. The van der Waals surface area contributed by atoms with Gasteiger partial charge in [-0.1, -0.05) is 26.3 Å². The van der Waals surface area contributed by atoms with Crippen molar-refractivity contribution >= 4 is 11.7 Å². The molecule has 0 spiro atoms. The second-order valence-corrected chi connectivity index (χ2v) is 7.12. The SMILES string of the molecule is CCC(C)C(C)(O)C1=CNC(OC/C(N)=C/Nc2cccc(OC(F)(F)F)c2)=NC1. The molecule has 0 aromatic heterocycles. The number of aliphatic imine (C=N–C) groups is 1. The van der Waals surface area contributed by atoms with Gasteiger partial charge in [-0.05, 0) is 30.5 Å². The van der Waals surface area contributed by atoms with Gasteiger partial charge in [-0.2, -0.15) is 0 Å². The third-order valence-corrected chi connectivity index (χ3v) is 4.85. The van der Waals surface area contributed by atoms with Crippen LogP contribution in [-0.2, 0) is 4.74 Å². The number of nitrogens with one attached hydrogen (secondary N) is 2. The molecule has 0 amide bonds. The third kappa shape index (κ3) is 6.87. The summed E-state index contributed by atoms with van der Waals surface area (Å²) >= 11 is 0. The Labute approximate surface area is 173 Å². The largest absolute Gasteiger partial charge is 0.573 e. The van der Waals surface area contributed by atoms with E-state index >= 15 is 0 Å². The van der Waals surface area contributed by atoms with Crippen molar-refractivity contribution < 1.29 is 27.8 Å². The molecule has 1 aliphatic heterocycles. The van der Waals surface area contributed by atoms with Crippen LogP contribution in [0.3, 0.4) is 0 Å². The number of halogens is 3. The molecule has 30 heavy (non-hydrogen) atoms. The Morgan fingerprint density at radius 2 is 2.17 bits per heavy atom. The molecule has 7 nitrogen and oxygen atoms in total. The van der Waals surface area contributed by atoms with Gasteiger partial charge < -0.3 is 30.9 Å². The van der Waals surface area contributed by atoms with Gasteiger partial charge in [0, 0.05) is 24.2 Å². The van der Waals surface area contributed by atoms with Crippen molar-refractivity contribution in [2.75, 3.05) is 18.5 Å². The van der Waals surface area contributed by atoms with E-state index in [4.69, 9.17) is 10.5 Å². The fourth-order valence-corrected chi connectivity index (χ4v) is 2.66. The molecule has 5 N–H and O–H groups in total. The standard InChI is InChI=1S/C20H27F3N4O3/c1-4-13(2)19(3,28)14-9-26-18(27-10-14)29-12-15(24)11-25-16-6-5-7-17(8-16)30-20(21,22)23/h5-9,11,13,25,28H,4,10,12,24H2,1-3H3,(H,26,27)/b15-11-. The van der Waals surface area contributed by atoms with Crippen molar-refractivity contribution in [3.63, 3.8) is 0 Å². The third-order valence-electron chi connectivity index (χ3n) is 4.85. The first-order valence-corrected chi connectivity index (χ1v) is 9.43. The predicted molar refractivity (Wildman–Crippen MR) is 109 cm³/mol. The van der Waals surface area contributed by atoms with Crippen LogP contribution in [0.2, 0.25) is 0 Å². The minimum absolute atomic E-state index is 0.00248. The number of rotatable bonds is 8. The molecule has 1 aromatic carbocycles. The van der Waals surface area contributed by atoms with Crippen LogP contribution in [0.1, 0.15) is 27.2 Å². The number of benzene rings is 1. The van der Waals surface area contributed by atoms with Crippen molar-refractivity contribution in [3.05, 3.63) is 47.9 Å². The molecular formula is C20H27F3N4O3. The summed E-state index contributed by atoms with van der Waals surface area (Å²) in [4.78, 5) is 4.26. The first-order valence-electron chi connectivity index (χ1n) is 9.43. The normalized spacial score (nSPS) is 17.8. The monoisotopic (exact) mass is 428 g/mol. The summed E-state index contributed by atoms with van der Waals surface area (Å²) in [6.07, 6.45) is -0.841. The van der Waals surface area contributed by atoms with E-state index in [1.807, 2.05) is 13.8 Å². The van der Waals surface area contributed by atoms with E-state index in [9.17, 15) is 18.3 Å². The number of anilines is 1. The van der Waals surface area contributed by atoms with E-state index in [0.717, 1.165) is 12.0 Å². The second kappa shape index (κ2) is 9.75. The number of alkyl halides is 3. The lowest BCUT2D eigenvalue weighted by Gasteiger charge is -2.33.